The fraction of sp³-hybridized carbons (Fsp3) is 0.294. The lowest BCUT2D eigenvalue weighted by atomic mass is 10.0. The lowest BCUT2D eigenvalue weighted by Crippen LogP contribution is -2.38. The van der Waals surface area contributed by atoms with Gasteiger partial charge in [0.15, 0.2) is 11.2 Å². The van der Waals surface area contributed by atoms with Crippen LogP contribution in [-0.2, 0) is 14.1 Å². The summed E-state index contributed by atoms with van der Waals surface area (Å²) in [5, 5.41) is 4.44. The van der Waals surface area contributed by atoms with Crippen LogP contribution in [-0.4, -0.2) is 24.4 Å². The molecule has 0 saturated heterocycles. The molecule has 8 heteroatoms. The number of hydrogen-bond donors (Lipinski definition) is 1. The zero-order valence-electron chi connectivity index (χ0n) is 14.4. The fourth-order valence-corrected chi connectivity index (χ4v) is 3.23. The predicted octanol–water partition coefficient (Wildman–Crippen LogP) is 1.13. The smallest absolute Gasteiger partial charge is 0.294 e. The van der Waals surface area contributed by atoms with Crippen molar-refractivity contribution in [2.45, 2.75) is 19.9 Å². The maximum absolute atomic E-state index is 12.7. The van der Waals surface area contributed by atoms with Crippen LogP contribution >= 0.6 is 0 Å². The van der Waals surface area contributed by atoms with E-state index in [0.29, 0.717) is 17.1 Å². The van der Waals surface area contributed by atoms with Crippen LogP contribution in [0.25, 0.3) is 11.2 Å². The predicted molar refractivity (Wildman–Crippen MR) is 96.3 cm³/mol. The van der Waals surface area contributed by atoms with E-state index < -0.39 is 5.69 Å². The molecule has 1 aliphatic heterocycles. The number of aryl methyl sites for hydroxylation is 2. The number of nitrogens with zero attached hydrogens (tertiary/aromatic N) is 5. The van der Waals surface area contributed by atoms with Crippen LogP contribution in [0.15, 0.2) is 39.0 Å². The largest absolute Gasteiger partial charge is 0.332 e. The van der Waals surface area contributed by atoms with Crippen LogP contribution in [0.5, 0.6) is 0 Å². The molecule has 128 valence electrons. The number of fused-ring (bicyclic) bond motifs is 3. The Bertz CT molecular complexity index is 1150. The SMILES string of the molecule is Cc1ccc(C2=NNc3nc4c(c(=O)n(C)c(=O)n4C)n3[C@@H]2C)cc1. The van der Waals surface area contributed by atoms with Gasteiger partial charge in [-0.3, -0.25) is 18.5 Å². The van der Waals surface area contributed by atoms with E-state index in [1.807, 2.05) is 38.1 Å². The van der Waals surface area contributed by atoms with Gasteiger partial charge in [0, 0.05) is 14.1 Å². The van der Waals surface area contributed by atoms with E-state index in [1.54, 1.807) is 11.6 Å². The highest BCUT2D eigenvalue weighted by molar-refractivity contribution is 6.05. The van der Waals surface area contributed by atoms with Crippen LogP contribution in [0.2, 0.25) is 0 Å². The second-order valence-electron chi connectivity index (χ2n) is 6.33. The van der Waals surface area contributed by atoms with Gasteiger partial charge in [-0.1, -0.05) is 29.8 Å². The van der Waals surface area contributed by atoms with E-state index >= 15 is 0 Å². The molecule has 3 heterocycles. The van der Waals surface area contributed by atoms with Crippen LogP contribution in [0.4, 0.5) is 5.95 Å². The Morgan fingerprint density at radius 3 is 2.44 bits per heavy atom. The van der Waals surface area contributed by atoms with Gasteiger partial charge in [-0.05, 0) is 19.4 Å². The molecule has 0 amide bonds. The Kier molecular flexibility index (Phi) is 3.18. The zero-order chi connectivity index (χ0) is 17.9. The molecule has 2 aromatic heterocycles. The first kappa shape index (κ1) is 15.4. The molecule has 1 atom stereocenters. The summed E-state index contributed by atoms with van der Waals surface area (Å²) in [6.45, 7) is 3.99. The molecule has 0 unspecified atom stereocenters. The van der Waals surface area contributed by atoms with Crippen LogP contribution in [0.1, 0.15) is 24.1 Å². The number of nitrogens with one attached hydrogen (secondary N) is 1. The van der Waals surface area contributed by atoms with E-state index in [9.17, 15) is 9.59 Å². The Morgan fingerprint density at radius 1 is 1.08 bits per heavy atom. The van der Waals surface area contributed by atoms with E-state index in [2.05, 4.69) is 15.5 Å². The van der Waals surface area contributed by atoms with Gasteiger partial charge in [-0.25, -0.2) is 10.2 Å². The molecule has 0 fully saturated rings. The van der Waals surface area contributed by atoms with E-state index in [-0.39, 0.29) is 11.6 Å². The second-order valence-corrected chi connectivity index (χ2v) is 6.33. The molecular formula is C17H18N6O2. The molecule has 0 radical (unpaired) electrons. The second kappa shape index (κ2) is 5.17. The summed E-state index contributed by atoms with van der Waals surface area (Å²) in [4.78, 5) is 29.2. The van der Waals surface area contributed by atoms with Crippen LogP contribution < -0.4 is 16.7 Å². The van der Waals surface area contributed by atoms with E-state index in [4.69, 9.17) is 0 Å². The van der Waals surface area contributed by atoms with Crippen molar-refractivity contribution in [2.75, 3.05) is 5.43 Å². The number of hydrazone groups is 1. The first-order valence-electron chi connectivity index (χ1n) is 7.98. The number of benzene rings is 1. The highest BCUT2D eigenvalue weighted by atomic mass is 16.2. The van der Waals surface area contributed by atoms with Gasteiger partial charge in [0.25, 0.3) is 5.56 Å². The molecular weight excluding hydrogens is 320 g/mol. The summed E-state index contributed by atoms with van der Waals surface area (Å²) in [6.07, 6.45) is 0. The fourth-order valence-electron chi connectivity index (χ4n) is 3.23. The maximum Gasteiger partial charge on any atom is 0.332 e. The summed E-state index contributed by atoms with van der Waals surface area (Å²) < 4.78 is 4.28. The van der Waals surface area contributed by atoms with Crippen molar-refractivity contribution in [3.8, 4) is 0 Å². The minimum atomic E-state index is -0.403. The third-order valence-corrected chi connectivity index (χ3v) is 4.70. The molecule has 8 nitrogen and oxygen atoms in total. The van der Waals surface area contributed by atoms with Crippen molar-refractivity contribution in [2.24, 2.45) is 19.2 Å². The number of rotatable bonds is 1. The van der Waals surface area contributed by atoms with Gasteiger partial charge < -0.3 is 0 Å². The molecule has 0 saturated carbocycles. The number of imidazole rings is 1. The van der Waals surface area contributed by atoms with Gasteiger partial charge in [0.05, 0.1) is 11.8 Å². The highest BCUT2D eigenvalue weighted by Gasteiger charge is 2.28. The molecule has 3 aromatic rings. The van der Waals surface area contributed by atoms with Crippen molar-refractivity contribution in [3.63, 3.8) is 0 Å². The topological polar surface area (TPSA) is 86.2 Å². The van der Waals surface area contributed by atoms with Crippen molar-refractivity contribution in [1.29, 1.82) is 0 Å². The monoisotopic (exact) mass is 338 g/mol. The van der Waals surface area contributed by atoms with Crippen molar-refractivity contribution >= 4 is 22.8 Å². The van der Waals surface area contributed by atoms with Crippen molar-refractivity contribution in [3.05, 3.63) is 56.2 Å². The summed E-state index contributed by atoms with van der Waals surface area (Å²) in [6, 6.07) is 7.85. The molecule has 1 aliphatic rings. The molecule has 0 aliphatic carbocycles. The molecule has 0 bridgehead atoms. The van der Waals surface area contributed by atoms with Gasteiger partial charge in [0.1, 0.15) is 0 Å². The Hall–Kier alpha value is -3.16. The van der Waals surface area contributed by atoms with Crippen LogP contribution in [0.3, 0.4) is 0 Å². The quantitative estimate of drug-likeness (QED) is 0.721. The standard InChI is InChI=1S/C17H18N6O2/c1-9-5-7-11(8-6-9)12-10(2)23-13-14(18-16(23)20-19-12)21(3)17(25)22(4)15(13)24/h5-8,10H,1-4H3,(H,18,20)/t10-/m1/s1. The Morgan fingerprint density at radius 2 is 1.76 bits per heavy atom. The third-order valence-electron chi connectivity index (χ3n) is 4.70. The maximum atomic E-state index is 12.7. The first-order valence-corrected chi connectivity index (χ1v) is 7.98. The summed E-state index contributed by atoms with van der Waals surface area (Å²) in [5.41, 5.74) is 5.83. The lowest BCUT2D eigenvalue weighted by Gasteiger charge is -2.23. The number of anilines is 1. The number of aromatic nitrogens is 4. The van der Waals surface area contributed by atoms with Crippen molar-refractivity contribution in [1.82, 2.24) is 18.7 Å². The normalized spacial score (nSPS) is 16.5. The molecule has 1 N–H and O–H groups in total. The minimum absolute atomic E-state index is 0.200. The summed E-state index contributed by atoms with van der Waals surface area (Å²) >= 11 is 0. The van der Waals surface area contributed by atoms with E-state index in [1.165, 1.54) is 17.2 Å². The minimum Gasteiger partial charge on any atom is -0.294 e. The zero-order valence-corrected chi connectivity index (χ0v) is 14.4. The summed E-state index contributed by atoms with van der Waals surface area (Å²) in [5.74, 6) is 0.455. The molecule has 1 aromatic carbocycles. The van der Waals surface area contributed by atoms with Gasteiger partial charge in [0.2, 0.25) is 5.95 Å². The lowest BCUT2D eigenvalue weighted by molar-refractivity contribution is 0.679. The number of hydrogen-bond acceptors (Lipinski definition) is 5. The van der Waals surface area contributed by atoms with Crippen LogP contribution in [0, 0.1) is 6.92 Å². The molecule has 4 rings (SSSR count). The third kappa shape index (κ3) is 2.07. The molecule has 0 spiro atoms. The average molecular weight is 338 g/mol. The Labute approximate surface area is 143 Å². The van der Waals surface area contributed by atoms with Gasteiger partial charge in [-0.2, -0.15) is 10.1 Å². The van der Waals surface area contributed by atoms with Gasteiger partial charge >= 0.3 is 5.69 Å². The first-order chi connectivity index (χ1) is 11.9. The van der Waals surface area contributed by atoms with E-state index in [0.717, 1.165) is 15.8 Å². The molecule has 25 heavy (non-hydrogen) atoms. The van der Waals surface area contributed by atoms with Crippen molar-refractivity contribution < 1.29 is 0 Å². The summed E-state index contributed by atoms with van der Waals surface area (Å²) in [7, 11) is 3.08. The van der Waals surface area contributed by atoms with Gasteiger partial charge in [-0.15, -0.1) is 0 Å². The highest BCUT2D eigenvalue weighted by Crippen LogP contribution is 2.28. The average Bonchev–Trinajstić information content (AvgIpc) is 3.00. The Balaban J connectivity index is 1.96.